The maximum absolute atomic E-state index is 12.6. The first-order valence-corrected chi connectivity index (χ1v) is 10.9. The zero-order valence-corrected chi connectivity index (χ0v) is 17.8. The van der Waals surface area contributed by atoms with Crippen molar-refractivity contribution >= 4 is 23.4 Å². The number of carbonyl (C=O) groups is 2. The van der Waals surface area contributed by atoms with Crippen LogP contribution < -0.4 is 5.32 Å². The lowest BCUT2D eigenvalue weighted by Gasteiger charge is -2.41. The average Bonchev–Trinajstić information content (AvgIpc) is 2.72. The van der Waals surface area contributed by atoms with Gasteiger partial charge >= 0.3 is 0 Å². The topological polar surface area (TPSA) is 52.7 Å². The molecular formula is C22H32ClN3O2. The highest BCUT2D eigenvalue weighted by atomic mass is 35.5. The van der Waals surface area contributed by atoms with E-state index in [1.54, 1.807) is 24.3 Å². The third-order valence-corrected chi connectivity index (χ3v) is 6.20. The van der Waals surface area contributed by atoms with Crippen LogP contribution in [0, 0.1) is 11.8 Å². The van der Waals surface area contributed by atoms with Crippen LogP contribution in [0.1, 0.15) is 49.9 Å². The number of halogens is 1. The molecule has 5 nitrogen and oxygen atoms in total. The van der Waals surface area contributed by atoms with Crippen molar-refractivity contribution in [1.29, 1.82) is 0 Å². The van der Waals surface area contributed by atoms with Gasteiger partial charge in [-0.1, -0.05) is 25.4 Å². The van der Waals surface area contributed by atoms with Gasteiger partial charge in [0, 0.05) is 42.2 Å². The van der Waals surface area contributed by atoms with Gasteiger partial charge in [-0.05, 0) is 69.0 Å². The summed E-state index contributed by atoms with van der Waals surface area (Å²) in [5.74, 6) is 0.957. The molecular weight excluding hydrogens is 374 g/mol. The summed E-state index contributed by atoms with van der Waals surface area (Å²) in [6.45, 7) is 8.55. The molecule has 0 spiro atoms. The van der Waals surface area contributed by atoms with Crippen molar-refractivity contribution in [3.63, 3.8) is 0 Å². The Bertz CT molecular complexity index is 661. The van der Waals surface area contributed by atoms with Gasteiger partial charge < -0.3 is 15.1 Å². The molecule has 2 saturated heterocycles. The summed E-state index contributed by atoms with van der Waals surface area (Å²) < 4.78 is 0. The molecule has 2 aliphatic heterocycles. The molecule has 0 radical (unpaired) electrons. The van der Waals surface area contributed by atoms with E-state index in [0.717, 1.165) is 58.4 Å². The van der Waals surface area contributed by atoms with Crippen molar-refractivity contribution in [2.24, 2.45) is 11.8 Å². The molecule has 0 saturated carbocycles. The van der Waals surface area contributed by atoms with E-state index in [-0.39, 0.29) is 17.7 Å². The minimum atomic E-state index is 0.0932. The highest BCUT2D eigenvalue weighted by Gasteiger charge is 2.31. The smallest absolute Gasteiger partial charge is 0.253 e. The van der Waals surface area contributed by atoms with Crippen LogP contribution in [-0.2, 0) is 4.79 Å². The largest absolute Gasteiger partial charge is 0.356 e. The van der Waals surface area contributed by atoms with E-state index in [1.807, 2.05) is 4.90 Å². The summed E-state index contributed by atoms with van der Waals surface area (Å²) in [7, 11) is 0. The fourth-order valence-electron chi connectivity index (χ4n) is 4.18. The number of amides is 2. The summed E-state index contributed by atoms with van der Waals surface area (Å²) in [5.41, 5.74) is 0.705. The van der Waals surface area contributed by atoms with Crippen molar-refractivity contribution in [3.05, 3.63) is 34.9 Å². The van der Waals surface area contributed by atoms with Gasteiger partial charge in [0.2, 0.25) is 5.91 Å². The molecule has 28 heavy (non-hydrogen) atoms. The molecule has 2 heterocycles. The minimum Gasteiger partial charge on any atom is -0.356 e. The Kier molecular flexibility index (Phi) is 7.36. The SMILES string of the molecule is CC(C)CNC(=O)C1CCN(C2CCN(C(=O)c3ccc(Cl)cc3)CC2)CC1. The zero-order valence-electron chi connectivity index (χ0n) is 17.0. The van der Waals surface area contributed by atoms with E-state index in [1.165, 1.54) is 0 Å². The summed E-state index contributed by atoms with van der Waals surface area (Å²) in [6, 6.07) is 7.65. The molecule has 0 unspecified atom stereocenters. The number of nitrogens with zero attached hydrogens (tertiary/aromatic N) is 2. The molecule has 1 N–H and O–H groups in total. The van der Waals surface area contributed by atoms with Crippen molar-refractivity contribution in [2.45, 2.75) is 45.6 Å². The predicted molar refractivity (Wildman–Crippen MR) is 113 cm³/mol. The molecule has 0 aliphatic carbocycles. The molecule has 1 aromatic rings. The number of nitrogens with one attached hydrogen (secondary N) is 1. The third-order valence-electron chi connectivity index (χ3n) is 5.94. The number of hydrogen-bond acceptors (Lipinski definition) is 3. The summed E-state index contributed by atoms with van der Waals surface area (Å²) in [4.78, 5) is 29.4. The maximum Gasteiger partial charge on any atom is 0.253 e. The van der Waals surface area contributed by atoms with Gasteiger partial charge in [-0.3, -0.25) is 9.59 Å². The molecule has 2 amide bonds. The number of hydrogen-bond donors (Lipinski definition) is 1. The molecule has 3 rings (SSSR count). The Morgan fingerprint density at radius 2 is 1.64 bits per heavy atom. The first-order chi connectivity index (χ1) is 13.4. The van der Waals surface area contributed by atoms with Crippen LogP contribution in [0.2, 0.25) is 5.02 Å². The summed E-state index contributed by atoms with van der Waals surface area (Å²) in [5, 5.41) is 3.72. The van der Waals surface area contributed by atoms with Gasteiger partial charge in [0.05, 0.1) is 0 Å². The van der Waals surface area contributed by atoms with Crippen molar-refractivity contribution in [1.82, 2.24) is 15.1 Å². The molecule has 6 heteroatoms. The van der Waals surface area contributed by atoms with Crippen LogP contribution in [0.15, 0.2) is 24.3 Å². The fourth-order valence-corrected chi connectivity index (χ4v) is 4.31. The molecule has 1 aromatic carbocycles. The van der Waals surface area contributed by atoms with Crippen LogP contribution in [0.3, 0.4) is 0 Å². The second-order valence-electron chi connectivity index (χ2n) is 8.48. The quantitative estimate of drug-likeness (QED) is 0.816. The first-order valence-electron chi connectivity index (χ1n) is 10.5. The summed E-state index contributed by atoms with van der Waals surface area (Å²) in [6.07, 6.45) is 3.88. The van der Waals surface area contributed by atoms with Crippen molar-refractivity contribution in [2.75, 3.05) is 32.7 Å². The van der Waals surface area contributed by atoms with Gasteiger partial charge in [0.1, 0.15) is 0 Å². The molecule has 154 valence electrons. The first kappa shape index (κ1) is 21.1. The average molecular weight is 406 g/mol. The van der Waals surface area contributed by atoms with Crippen LogP contribution in [-0.4, -0.2) is 60.4 Å². The van der Waals surface area contributed by atoms with Crippen molar-refractivity contribution in [3.8, 4) is 0 Å². The lowest BCUT2D eigenvalue weighted by atomic mass is 9.92. The van der Waals surface area contributed by atoms with Gasteiger partial charge in [-0.15, -0.1) is 0 Å². The molecule has 2 aliphatic rings. The third kappa shape index (κ3) is 5.48. The number of carbonyl (C=O) groups excluding carboxylic acids is 2. The van der Waals surface area contributed by atoms with E-state index < -0.39 is 0 Å². The highest BCUT2D eigenvalue weighted by molar-refractivity contribution is 6.30. The number of piperidine rings is 2. The van der Waals surface area contributed by atoms with Gasteiger partial charge in [0.15, 0.2) is 0 Å². The minimum absolute atomic E-state index is 0.0932. The van der Waals surface area contributed by atoms with E-state index in [9.17, 15) is 9.59 Å². The van der Waals surface area contributed by atoms with Crippen molar-refractivity contribution < 1.29 is 9.59 Å². The van der Waals surface area contributed by atoms with E-state index in [2.05, 4.69) is 24.1 Å². The van der Waals surface area contributed by atoms with E-state index in [0.29, 0.717) is 22.5 Å². The molecule has 0 atom stereocenters. The van der Waals surface area contributed by atoms with Gasteiger partial charge in [-0.2, -0.15) is 0 Å². The molecule has 0 bridgehead atoms. The van der Waals surface area contributed by atoms with Crippen LogP contribution in [0.4, 0.5) is 0 Å². The Balaban J connectivity index is 1.43. The Labute approximate surface area is 173 Å². The Morgan fingerprint density at radius 3 is 2.21 bits per heavy atom. The lowest BCUT2D eigenvalue weighted by molar-refractivity contribution is -0.126. The van der Waals surface area contributed by atoms with Gasteiger partial charge in [0.25, 0.3) is 5.91 Å². The Hall–Kier alpha value is -1.59. The predicted octanol–water partition coefficient (Wildman–Crippen LogP) is 3.43. The fraction of sp³-hybridized carbons (Fsp3) is 0.636. The number of benzene rings is 1. The number of likely N-dealkylation sites (tertiary alicyclic amines) is 2. The molecule has 0 aromatic heterocycles. The van der Waals surface area contributed by atoms with Crippen LogP contribution >= 0.6 is 11.6 Å². The zero-order chi connectivity index (χ0) is 20.1. The molecule has 2 fully saturated rings. The second-order valence-corrected chi connectivity index (χ2v) is 8.92. The standard InChI is InChI=1S/C22H32ClN3O2/c1-16(2)15-24-21(27)17-7-11-25(12-8-17)20-9-13-26(14-10-20)22(28)18-3-5-19(23)6-4-18/h3-6,16-17,20H,7-15H2,1-2H3,(H,24,27). The maximum atomic E-state index is 12.6. The lowest BCUT2D eigenvalue weighted by Crippen LogP contribution is -2.50. The van der Waals surface area contributed by atoms with E-state index in [4.69, 9.17) is 11.6 Å². The van der Waals surface area contributed by atoms with Crippen LogP contribution in [0.5, 0.6) is 0 Å². The van der Waals surface area contributed by atoms with Gasteiger partial charge in [-0.25, -0.2) is 0 Å². The summed E-state index contributed by atoms with van der Waals surface area (Å²) >= 11 is 5.91. The normalized spacial score (nSPS) is 19.8. The number of rotatable bonds is 5. The highest BCUT2D eigenvalue weighted by Crippen LogP contribution is 2.25. The Morgan fingerprint density at radius 1 is 1.04 bits per heavy atom. The second kappa shape index (κ2) is 9.75. The monoisotopic (exact) mass is 405 g/mol. The van der Waals surface area contributed by atoms with Crippen LogP contribution in [0.25, 0.3) is 0 Å². The van der Waals surface area contributed by atoms with E-state index >= 15 is 0 Å².